The summed E-state index contributed by atoms with van der Waals surface area (Å²) < 4.78 is 26.1. The first kappa shape index (κ1) is 22.4. The molecule has 9 heteroatoms. The second kappa shape index (κ2) is 10.1. The quantitative estimate of drug-likeness (QED) is 0.368. The van der Waals surface area contributed by atoms with Crippen molar-refractivity contribution in [1.82, 2.24) is 9.62 Å². The van der Waals surface area contributed by atoms with Crippen molar-refractivity contribution in [2.75, 3.05) is 25.9 Å². The molecule has 2 rings (SSSR count). The highest BCUT2D eigenvalue weighted by Crippen LogP contribution is 2.19. The van der Waals surface area contributed by atoms with Gasteiger partial charge >= 0.3 is 0 Å². The molecule has 150 valence electrons. The average Bonchev–Trinajstić information content (AvgIpc) is 2.66. The van der Waals surface area contributed by atoms with E-state index in [-0.39, 0.29) is 23.1 Å². The minimum atomic E-state index is -3.81. The predicted octanol–water partition coefficient (Wildman–Crippen LogP) is 3.07. The largest absolute Gasteiger partial charge is 0.354 e. The summed E-state index contributed by atoms with van der Waals surface area (Å²) in [7, 11) is -2.47. The van der Waals surface area contributed by atoms with E-state index in [1.54, 1.807) is 23.9 Å². The molecule has 6 nitrogen and oxygen atoms in total. The Balaban J connectivity index is 1.83. The molecule has 0 bridgehead atoms. The Morgan fingerprint density at radius 1 is 1.07 bits per heavy atom. The third-order valence-corrected chi connectivity index (χ3v) is 6.93. The molecule has 0 heterocycles. The highest BCUT2D eigenvalue weighted by molar-refractivity contribution is 7.99. The van der Waals surface area contributed by atoms with Crippen molar-refractivity contribution in [3.63, 3.8) is 0 Å². The second-order valence-electron chi connectivity index (χ2n) is 5.99. The monoisotopic (exact) mass is 440 g/mol. The van der Waals surface area contributed by atoms with Crippen molar-refractivity contribution in [2.45, 2.75) is 16.7 Å². The molecule has 0 aliphatic carbocycles. The van der Waals surface area contributed by atoms with Gasteiger partial charge in [0.2, 0.25) is 15.9 Å². The molecule has 28 heavy (non-hydrogen) atoms. The molecular formula is C19H21ClN2O4S2. The molecule has 0 saturated heterocycles. The molecule has 0 fully saturated rings. The molecule has 0 aromatic heterocycles. The number of Topliss-reactive ketones (excluding diaryl/α,β-unsaturated/α-hetero) is 1. The zero-order chi connectivity index (χ0) is 20.7. The van der Waals surface area contributed by atoms with Gasteiger partial charge in [-0.2, -0.15) is 4.31 Å². The number of sulfonamides is 1. The maximum Gasteiger partial charge on any atom is 0.243 e. The van der Waals surface area contributed by atoms with Crippen molar-refractivity contribution >= 4 is 45.1 Å². The van der Waals surface area contributed by atoms with Gasteiger partial charge in [-0.25, -0.2) is 8.42 Å². The summed E-state index contributed by atoms with van der Waals surface area (Å²) >= 11 is 7.39. The van der Waals surface area contributed by atoms with Gasteiger partial charge in [0.25, 0.3) is 0 Å². The van der Waals surface area contributed by atoms with Gasteiger partial charge in [-0.3, -0.25) is 9.59 Å². The van der Waals surface area contributed by atoms with E-state index in [0.29, 0.717) is 22.9 Å². The number of carbonyl (C=O) groups excluding carboxylic acids is 2. The highest BCUT2D eigenvalue weighted by atomic mass is 35.5. The second-order valence-corrected chi connectivity index (χ2v) is 9.64. The Kier molecular flexibility index (Phi) is 8.06. The zero-order valence-corrected chi connectivity index (χ0v) is 17.9. The van der Waals surface area contributed by atoms with Gasteiger partial charge in [0, 0.05) is 34.8 Å². The number of thioether (sulfide) groups is 1. The summed E-state index contributed by atoms with van der Waals surface area (Å²) in [6.07, 6.45) is 0. The summed E-state index contributed by atoms with van der Waals surface area (Å²) in [5.41, 5.74) is 0.428. The van der Waals surface area contributed by atoms with Gasteiger partial charge in [-0.1, -0.05) is 23.7 Å². The molecule has 0 spiro atoms. The van der Waals surface area contributed by atoms with E-state index in [4.69, 9.17) is 11.6 Å². The van der Waals surface area contributed by atoms with Crippen LogP contribution in [0, 0.1) is 0 Å². The highest BCUT2D eigenvalue weighted by Gasteiger charge is 2.22. The fraction of sp³-hybridized carbons (Fsp3) is 0.263. The summed E-state index contributed by atoms with van der Waals surface area (Å²) in [6.45, 7) is 1.53. The normalized spacial score (nSPS) is 11.4. The molecule has 0 atom stereocenters. The number of rotatable bonds is 9. The van der Waals surface area contributed by atoms with Gasteiger partial charge in [0.1, 0.15) is 0 Å². The predicted molar refractivity (Wildman–Crippen MR) is 111 cm³/mol. The number of ketones is 1. The van der Waals surface area contributed by atoms with Crippen molar-refractivity contribution in [3.8, 4) is 0 Å². The van der Waals surface area contributed by atoms with Crippen LogP contribution in [0.1, 0.15) is 17.3 Å². The molecule has 1 amide bonds. The fourth-order valence-electron chi connectivity index (χ4n) is 2.27. The van der Waals surface area contributed by atoms with E-state index >= 15 is 0 Å². The first-order valence-electron chi connectivity index (χ1n) is 8.42. The number of hydrogen-bond donors (Lipinski definition) is 1. The molecule has 0 aliphatic rings. The van der Waals surface area contributed by atoms with E-state index in [1.807, 2.05) is 12.1 Å². The Labute approximate surface area is 174 Å². The topological polar surface area (TPSA) is 83.6 Å². The molecule has 0 saturated carbocycles. The number of carbonyl (C=O) groups is 2. The van der Waals surface area contributed by atoms with E-state index in [0.717, 1.165) is 9.20 Å². The third kappa shape index (κ3) is 6.34. The van der Waals surface area contributed by atoms with Crippen molar-refractivity contribution < 1.29 is 18.0 Å². The molecule has 2 aromatic rings. The number of likely N-dealkylation sites (N-methyl/N-ethyl adjacent to an activating group) is 1. The van der Waals surface area contributed by atoms with Gasteiger partial charge in [-0.05, 0) is 43.3 Å². The first-order chi connectivity index (χ1) is 13.2. The van der Waals surface area contributed by atoms with Crippen molar-refractivity contribution in [1.29, 1.82) is 0 Å². The van der Waals surface area contributed by atoms with Gasteiger partial charge in [0.05, 0.1) is 11.4 Å². The van der Waals surface area contributed by atoms with Gasteiger partial charge < -0.3 is 5.32 Å². The number of amides is 1. The number of hydrogen-bond acceptors (Lipinski definition) is 5. The summed E-state index contributed by atoms with van der Waals surface area (Å²) in [4.78, 5) is 24.4. The van der Waals surface area contributed by atoms with Crippen LogP contribution in [0.4, 0.5) is 0 Å². The molecular weight excluding hydrogens is 420 g/mol. The molecule has 2 aromatic carbocycles. The maximum atomic E-state index is 12.5. The van der Waals surface area contributed by atoms with Gasteiger partial charge in [0.15, 0.2) is 5.78 Å². The summed E-state index contributed by atoms with van der Waals surface area (Å²) in [5, 5.41) is 3.37. The first-order valence-corrected chi connectivity index (χ1v) is 11.2. The summed E-state index contributed by atoms with van der Waals surface area (Å²) in [6, 6.07) is 13.0. The molecule has 0 unspecified atom stereocenters. The maximum absolute atomic E-state index is 12.5. The van der Waals surface area contributed by atoms with Crippen LogP contribution in [0.2, 0.25) is 5.02 Å². The van der Waals surface area contributed by atoms with Crippen molar-refractivity contribution in [2.24, 2.45) is 0 Å². The average molecular weight is 441 g/mol. The van der Waals surface area contributed by atoms with E-state index in [1.165, 1.54) is 38.2 Å². The lowest BCUT2D eigenvalue weighted by molar-refractivity contribution is -0.121. The van der Waals surface area contributed by atoms with Crippen LogP contribution in [0.25, 0.3) is 0 Å². The van der Waals surface area contributed by atoms with E-state index in [2.05, 4.69) is 5.32 Å². The van der Waals surface area contributed by atoms with Crippen LogP contribution in [0.15, 0.2) is 58.3 Å². The van der Waals surface area contributed by atoms with Crippen LogP contribution in [0.3, 0.4) is 0 Å². The number of nitrogens with one attached hydrogen (secondary N) is 1. The number of benzene rings is 2. The van der Waals surface area contributed by atoms with Crippen LogP contribution in [0.5, 0.6) is 0 Å². The Morgan fingerprint density at radius 3 is 2.25 bits per heavy atom. The standard InChI is InChI=1S/C19H21ClN2O4S2/c1-14(23)15-3-9-18(10-4-15)28(25,26)22(2)13-19(24)21-11-12-27-17-7-5-16(20)6-8-17/h3-10H,11-13H2,1-2H3,(H,21,24). The summed E-state index contributed by atoms with van der Waals surface area (Å²) in [5.74, 6) is 0.118. The zero-order valence-electron chi connectivity index (χ0n) is 15.5. The SMILES string of the molecule is CC(=O)c1ccc(S(=O)(=O)N(C)CC(=O)NCCSc2ccc(Cl)cc2)cc1. The molecule has 1 N–H and O–H groups in total. The number of nitrogens with zero attached hydrogens (tertiary/aromatic N) is 1. The van der Waals surface area contributed by atoms with Crippen LogP contribution in [-0.4, -0.2) is 50.3 Å². The lowest BCUT2D eigenvalue weighted by atomic mass is 10.2. The van der Waals surface area contributed by atoms with Crippen LogP contribution >= 0.6 is 23.4 Å². The minimum Gasteiger partial charge on any atom is -0.354 e. The lowest BCUT2D eigenvalue weighted by Crippen LogP contribution is -2.39. The minimum absolute atomic E-state index is 0.0334. The lowest BCUT2D eigenvalue weighted by Gasteiger charge is -2.17. The van der Waals surface area contributed by atoms with Gasteiger partial charge in [-0.15, -0.1) is 11.8 Å². The Morgan fingerprint density at radius 2 is 1.68 bits per heavy atom. The van der Waals surface area contributed by atoms with Crippen LogP contribution < -0.4 is 5.32 Å². The smallest absolute Gasteiger partial charge is 0.243 e. The van der Waals surface area contributed by atoms with E-state index in [9.17, 15) is 18.0 Å². The fourth-order valence-corrected chi connectivity index (χ4v) is 4.30. The van der Waals surface area contributed by atoms with Crippen molar-refractivity contribution in [3.05, 3.63) is 59.1 Å². The van der Waals surface area contributed by atoms with Crippen LogP contribution in [-0.2, 0) is 14.8 Å². The van der Waals surface area contributed by atoms with E-state index < -0.39 is 10.0 Å². The molecule has 0 radical (unpaired) electrons. The Bertz CT molecular complexity index is 929. The third-order valence-electron chi connectivity index (χ3n) is 3.84. The number of halogens is 1. The molecule has 0 aliphatic heterocycles. The Hall–Kier alpha value is -1.87.